The number of aldehydes is 1. The fraction of sp³-hybridized carbons (Fsp3) is 0.167. The maximum Gasteiger partial charge on any atom is 0.254 e. The lowest BCUT2D eigenvalue weighted by atomic mass is 9.98. The number of nitrogens with zero attached hydrogens (tertiary/aromatic N) is 1. The Morgan fingerprint density at radius 2 is 1.66 bits per heavy atom. The first kappa shape index (κ1) is 18.9. The molecule has 0 aliphatic carbocycles. The molecule has 0 atom stereocenters. The average molecular weight is 389 g/mol. The number of hydrogen-bond donors (Lipinski definition) is 0. The molecule has 3 aromatic rings. The van der Waals surface area contributed by atoms with Crippen LogP contribution in [0.4, 0.5) is 4.39 Å². The highest BCUT2D eigenvalue weighted by atomic mass is 19.1. The maximum atomic E-state index is 13.1. The molecule has 0 unspecified atom stereocenters. The van der Waals surface area contributed by atoms with E-state index in [1.165, 1.54) is 12.1 Å². The van der Waals surface area contributed by atoms with Gasteiger partial charge in [0.1, 0.15) is 18.2 Å². The standard InChI is InChI=1S/C24H20FNO3/c25-21-7-5-19(6-8-21)18-3-1-17(2-4-18)16-26-12-11-20-15-22(29-14-13-27)9-10-23(20)24(26)28/h1-10,13,15H,11-12,14,16H2. The molecule has 0 fully saturated rings. The first-order valence-electron chi connectivity index (χ1n) is 9.47. The van der Waals surface area contributed by atoms with Crippen LogP contribution >= 0.6 is 0 Å². The van der Waals surface area contributed by atoms with Crippen molar-refractivity contribution in [2.24, 2.45) is 0 Å². The number of benzene rings is 3. The number of halogens is 1. The molecule has 5 heteroatoms. The number of rotatable bonds is 6. The zero-order chi connectivity index (χ0) is 20.2. The normalized spacial score (nSPS) is 13.1. The van der Waals surface area contributed by atoms with Crippen molar-refractivity contribution in [2.75, 3.05) is 13.2 Å². The largest absolute Gasteiger partial charge is 0.486 e. The zero-order valence-electron chi connectivity index (χ0n) is 15.8. The molecular weight excluding hydrogens is 369 g/mol. The fourth-order valence-electron chi connectivity index (χ4n) is 3.55. The van der Waals surface area contributed by atoms with Gasteiger partial charge in [0.2, 0.25) is 0 Å². The number of fused-ring (bicyclic) bond motifs is 1. The van der Waals surface area contributed by atoms with Crippen LogP contribution in [0.1, 0.15) is 21.5 Å². The first-order valence-corrected chi connectivity index (χ1v) is 9.47. The summed E-state index contributed by atoms with van der Waals surface area (Å²) in [5.41, 5.74) is 4.62. The van der Waals surface area contributed by atoms with Crippen LogP contribution in [0.15, 0.2) is 66.7 Å². The summed E-state index contributed by atoms with van der Waals surface area (Å²) in [5.74, 6) is 0.348. The van der Waals surface area contributed by atoms with Crippen LogP contribution in [0.5, 0.6) is 5.75 Å². The van der Waals surface area contributed by atoms with E-state index in [0.717, 1.165) is 28.7 Å². The highest BCUT2D eigenvalue weighted by Crippen LogP contribution is 2.26. The fourth-order valence-corrected chi connectivity index (χ4v) is 3.55. The number of carbonyl (C=O) groups is 2. The number of ether oxygens (including phenoxy) is 1. The smallest absolute Gasteiger partial charge is 0.254 e. The quantitative estimate of drug-likeness (QED) is 0.592. The SMILES string of the molecule is O=CCOc1ccc2c(c1)CCN(Cc1ccc(-c3ccc(F)cc3)cc1)C2=O. The molecule has 0 bridgehead atoms. The van der Waals surface area contributed by atoms with Crippen LogP contribution in [-0.4, -0.2) is 30.2 Å². The molecule has 0 N–H and O–H groups in total. The Kier molecular flexibility index (Phi) is 5.38. The van der Waals surface area contributed by atoms with Gasteiger partial charge in [-0.15, -0.1) is 0 Å². The minimum atomic E-state index is -0.253. The Morgan fingerprint density at radius 3 is 2.34 bits per heavy atom. The molecule has 29 heavy (non-hydrogen) atoms. The predicted octanol–water partition coefficient (Wildman–Crippen LogP) is 4.27. The van der Waals surface area contributed by atoms with Crippen molar-refractivity contribution in [1.82, 2.24) is 4.90 Å². The number of carbonyl (C=O) groups excluding carboxylic acids is 2. The van der Waals surface area contributed by atoms with Gasteiger partial charge in [-0.1, -0.05) is 36.4 Å². The van der Waals surface area contributed by atoms with Gasteiger partial charge in [-0.05, 0) is 59.0 Å². The van der Waals surface area contributed by atoms with Gasteiger partial charge in [0, 0.05) is 18.7 Å². The highest BCUT2D eigenvalue weighted by Gasteiger charge is 2.24. The van der Waals surface area contributed by atoms with Gasteiger partial charge in [0.05, 0.1) is 0 Å². The van der Waals surface area contributed by atoms with E-state index >= 15 is 0 Å². The van der Waals surface area contributed by atoms with Crippen LogP contribution in [0, 0.1) is 5.82 Å². The number of hydrogen-bond acceptors (Lipinski definition) is 3. The lowest BCUT2D eigenvalue weighted by Gasteiger charge is -2.29. The van der Waals surface area contributed by atoms with Gasteiger partial charge in [0.15, 0.2) is 6.29 Å². The second-order valence-electron chi connectivity index (χ2n) is 6.98. The van der Waals surface area contributed by atoms with E-state index in [1.54, 1.807) is 24.3 Å². The summed E-state index contributed by atoms with van der Waals surface area (Å²) in [5, 5.41) is 0. The third-order valence-electron chi connectivity index (χ3n) is 5.07. The zero-order valence-corrected chi connectivity index (χ0v) is 15.8. The summed E-state index contributed by atoms with van der Waals surface area (Å²) in [6, 6.07) is 19.7. The molecule has 1 amide bonds. The second-order valence-corrected chi connectivity index (χ2v) is 6.98. The molecule has 1 aliphatic rings. The Hall–Kier alpha value is -3.47. The van der Waals surface area contributed by atoms with E-state index in [4.69, 9.17) is 4.74 Å². The van der Waals surface area contributed by atoms with E-state index in [-0.39, 0.29) is 18.3 Å². The molecule has 1 heterocycles. The molecule has 4 nitrogen and oxygen atoms in total. The molecule has 0 saturated heterocycles. The van der Waals surface area contributed by atoms with Gasteiger partial charge in [-0.2, -0.15) is 0 Å². The predicted molar refractivity (Wildman–Crippen MR) is 108 cm³/mol. The van der Waals surface area contributed by atoms with Crippen LogP contribution in [0.3, 0.4) is 0 Å². The van der Waals surface area contributed by atoms with Crippen LogP contribution in [0.2, 0.25) is 0 Å². The topological polar surface area (TPSA) is 46.6 Å². The van der Waals surface area contributed by atoms with E-state index in [9.17, 15) is 14.0 Å². The Bertz CT molecular complexity index is 1030. The molecule has 0 saturated carbocycles. The molecule has 3 aromatic carbocycles. The summed E-state index contributed by atoms with van der Waals surface area (Å²) >= 11 is 0. The van der Waals surface area contributed by atoms with Crippen molar-refractivity contribution in [3.05, 3.63) is 89.2 Å². The van der Waals surface area contributed by atoms with Crippen LogP contribution < -0.4 is 4.74 Å². The first-order chi connectivity index (χ1) is 14.1. The van der Waals surface area contributed by atoms with Crippen molar-refractivity contribution in [2.45, 2.75) is 13.0 Å². The Labute approximate surface area is 168 Å². The molecule has 1 aliphatic heterocycles. The summed E-state index contributed by atoms with van der Waals surface area (Å²) in [4.78, 5) is 25.1. The van der Waals surface area contributed by atoms with Crippen LogP contribution in [0.25, 0.3) is 11.1 Å². The average Bonchev–Trinajstić information content (AvgIpc) is 2.75. The van der Waals surface area contributed by atoms with Crippen molar-refractivity contribution in [3.8, 4) is 16.9 Å². The minimum absolute atomic E-state index is 0.00389. The van der Waals surface area contributed by atoms with Gasteiger partial charge in [-0.3, -0.25) is 9.59 Å². The molecular formula is C24H20FNO3. The third kappa shape index (κ3) is 4.19. The summed E-state index contributed by atoms with van der Waals surface area (Å²) in [7, 11) is 0. The van der Waals surface area contributed by atoms with E-state index in [2.05, 4.69) is 0 Å². The minimum Gasteiger partial charge on any atom is -0.486 e. The molecule has 0 spiro atoms. The van der Waals surface area contributed by atoms with Gasteiger partial charge in [0.25, 0.3) is 5.91 Å². The van der Waals surface area contributed by atoms with E-state index < -0.39 is 0 Å². The summed E-state index contributed by atoms with van der Waals surface area (Å²) in [6.45, 7) is 1.17. The molecule has 4 rings (SSSR count). The van der Waals surface area contributed by atoms with Crippen molar-refractivity contribution in [3.63, 3.8) is 0 Å². The molecule has 0 radical (unpaired) electrons. The Balaban J connectivity index is 1.45. The Morgan fingerprint density at radius 1 is 0.966 bits per heavy atom. The van der Waals surface area contributed by atoms with Crippen molar-refractivity contribution in [1.29, 1.82) is 0 Å². The second kappa shape index (κ2) is 8.27. The highest BCUT2D eigenvalue weighted by molar-refractivity contribution is 5.97. The van der Waals surface area contributed by atoms with Gasteiger partial charge < -0.3 is 9.64 Å². The third-order valence-corrected chi connectivity index (χ3v) is 5.07. The van der Waals surface area contributed by atoms with Gasteiger partial charge >= 0.3 is 0 Å². The number of amides is 1. The molecule has 146 valence electrons. The van der Waals surface area contributed by atoms with E-state index in [1.807, 2.05) is 35.2 Å². The lowest BCUT2D eigenvalue weighted by Crippen LogP contribution is -2.37. The monoisotopic (exact) mass is 389 g/mol. The lowest BCUT2D eigenvalue weighted by molar-refractivity contribution is -0.109. The van der Waals surface area contributed by atoms with Gasteiger partial charge in [-0.25, -0.2) is 4.39 Å². The summed E-state index contributed by atoms with van der Waals surface area (Å²) < 4.78 is 18.4. The van der Waals surface area contributed by atoms with Crippen molar-refractivity contribution < 1.29 is 18.7 Å². The van der Waals surface area contributed by atoms with Crippen molar-refractivity contribution >= 4 is 12.2 Å². The van der Waals surface area contributed by atoms with Crippen LogP contribution in [-0.2, 0) is 17.8 Å². The maximum absolute atomic E-state index is 13.1. The van der Waals surface area contributed by atoms with E-state index in [0.29, 0.717) is 30.7 Å². The summed E-state index contributed by atoms with van der Waals surface area (Å²) in [6.07, 6.45) is 1.45. The molecule has 0 aromatic heterocycles.